The van der Waals surface area contributed by atoms with Crippen LogP contribution in [0.2, 0.25) is 10.0 Å². The quantitative estimate of drug-likeness (QED) is 0.0277. The maximum atomic E-state index is 14.1. The van der Waals surface area contributed by atoms with Crippen LogP contribution in [0.3, 0.4) is 0 Å². The number of aromatic amines is 2. The fourth-order valence-electron chi connectivity index (χ4n) is 18.4. The molecule has 0 bridgehead atoms. The minimum Gasteiger partial charge on any atom is -0.493 e. The van der Waals surface area contributed by atoms with Gasteiger partial charge in [0.1, 0.15) is 45.8 Å². The highest BCUT2D eigenvalue weighted by molar-refractivity contribution is 7.90. The number of allylic oxidation sites excluding steroid dienone is 2. The largest absolute Gasteiger partial charge is 0.493 e. The number of carbonyl (C=O) groups is 2. The molecule has 10 aromatic rings. The van der Waals surface area contributed by atoms with Gasteiger partial charge in [0.05, 0.1) is 73.1 Å². The first-order chi connectivity index (χ1) is 60.6. The Kier molecular flexibility index (Phi) is 26.0. The number of hydrogen-bond acceptors (Lipinski definition) is 23. The summed E-state index contributed by atoms with van der Waals surface area (Å²) in [6, 6.07) is 38.2. The van der Waals surface area contributed by atoms with Crippen molar-refractivity contribution in [2.24, 2.45) is 22.7 Å². The van der Waals surface area contributed by atoms with E-state index in [1.54, 1.807) is 60.9 Å². The molecular weight excluding hydrogens is 1700 g/mol. The molecule has 0 saturated carbocycles. The van der Waals surface area contributed by atoms with Crippen LogP contribution in [-0.4, -0.2) is 208 Å². The number of hydrogen-bond donors (Lipinski definition) is 5. The van der Waals surface area contributed by atoms with Gasteiger partial charge in [0.2, 0.25) is 0 Å². The Labute approximate surface area is 748 Å². The van der Waals surface area contributed by atoms with E-state index >= 15 is 0 Å². The summed E-state index contributed by atoms with van der Waals surface area (Å²) >= 11 is 12.5. The Hall–Kier alpha value is -11.0. The highest BCUT2D eigenvalue weighted by Gasteiger charge is 2.39. The topological polar surface area (TPSA) is 347 Å². The predicted octanol–water partition coefficient (Wildman–Crippen LogP) is 16.2. The molecule has 2 aliphatic carbocycles. The van der Waals surface area contributed by atoms with E-state index in [-0.39, 0.29) is 75.7 Å². The van der Waals surface area contributed by atoms with Crippen LogP contribution in [0.25, 0.3) is 33.2 Å². The lowest BCUT2D eigenvalue weighted by molar-refractivity contribution is -0.386. The molecule has 127 heavy (non-hydrogen) atoms. The standard InChI is InChI=1S/C49H56ClN7O8S.C45H50ClN7O7S/c1-48(2)12-10-35(42(27-48)33-4-6-36(50)7-5-33)30-55-18-20-56(21-19-55)37-8-9-40(45(24-37)65-38-23-34-11-15-51-46(34)52-28-38)47(58)53-66(62,63)39-25-43(57(60)61)41-22-32(31-64-44(41)26-39)29-54-16-13-49(3,59)14-17-54;1-45(2)13-11-32(39(24-45)30-5-7-33(46)8-6-30)27-51-15-17-52(18-16-51)34-9-10-37(42(21-34)60-35-20-31-12-14-47-43(31)48-25-35)44(54)49-61(57,58)36-22-40(53(55)56)38-19-29(26-50(3)4)28-59-41(38)23-36/h4-9,11,15,23-26,28,32,59H,10,12-14,16-22,27,29-31H2,1-3H3,(H,51,52)(H,53,58);5-10,12,14,20-23,25,29H,11,13,15-19,24,26-28H2,1-4H3,(H,47,48)(H,49,54)/t32-;29-/m00/s1. The number of likely N-dealkylation sites (tertiary alicyclic amines) is 1. The number of carbonyl (C=O) groups excluding carboxylic acids is 2. The predicted molar refractivity (Wildman–Crippen MR) is 490 cm³/mol. The second-order valence-corrected chi connectivity index (χ2v) is 40.9. The van der Waals surface area contributed by atoms with Crippen molar-refractivity contribution >= 4 is 111 Å². The Bertz CT molecular complexity index is 6150. The average molecular weight is 1810 g/mol. The van der Waals surface area contributed by atoms with E-state index in [4.69, 9.17) is 42.1 Å². The highest BCUT2D eigenvalue weighted by atomic mass is 35.5. The molecular formula is C94H106Cl2N14O15S2. The first-order valence-corrected chi connectivity index (χ1v) is 46.8. The van der Waals surface area contributed by atoms with Gasteiger partial charge in [-0.05, 0) is 191 Å². The van der Waals surface area contributed by atoms with Crippen molar-refractivity contribution in [1.82, 2.24) is 49.0 Å². The van der Waals surface area contributed by atoms with Crippen LogP contribution in [0, 0.1) is 42.9 Å². The second-order valence-electron chi connectivity index (χ2n) is 36.7. The summed E-state index contributed by atoms with van der Waals surface area (Å²) in [4.78, 5) is 79.1. The van der Waals surface area contributed by atoms with Crippen LogP contribution in [-0.2, 0) is 32.9 Å². The SMILES string of the molecule is CC1(C)CCC(CN2CCN(c3ccc(C(=O)NS(=O)(=O)c4cc5c(c([N+](=O)[O-])c4)C[C@@H](CN4CCC(C)(O)CC4)CO5)c(Oc4cnc5[nH]ccc5c4)c3)CC2)=C(c2ccc(Cl)cc2)C1.CN(C)C[C@H]1COc2cc(S(=O)(=O)NC(=O)c3ccc(N4CCN(CC5=C(c6ccc(Cl)cc6)CC(C)(C)CC5)CC4)cc3Oc3cnc4[nH]ccc4c3)cc([N+](=O)[O-])c2C1. The van der Waals surface area contributed by atoms with Crippen molar-refractivity contribution in [3.8, 4) is 34.5 Å². The third kappa shape index (κ3) is 21.2. The molecule has 668 valence electrons. The molecule has 2 atom stereocenters. The molecule has 5 N–H and O–H groups in total. The monoisotopic (exact) mass is 1800 g/mol. The lowest BCUT2D eigenvalue weighted by atomic mass is 9.72. The van der Waals surface area contributed by atoms with Crippen molar-refractivity contribution in [2.75, 3.05) is 129 Å². The van der Waals surface area contributed by atoms with Gasteiger partial charge in [0.25, 0.3) is 43.2 Å². The molecule has 5 aliphatic heterocycles. The summed E-state index contributed by atoms with van der Waals surface area (Å²) in [7, 11) is -5.45. The Morgan fingerprint density at radius 3 is 1.39 bits per heavy atom. The molecule has 9 heterocycles. The second kappa shape index (κ2) is 37.0. The molecule has 17 rings (SSSR count). The summed E-state index contributed by atoms with van der Waals surface area (Å²) in [6.07, 6.45) is 14.9. The number of amides is 2. The van der Waals surface area contributed by atoms with Gasteiger partial charge >= 0.3 is 0 Å². The number of piperazine rings is 2. The van der Waals surface area contributed by atoms with Gasteiger partial charge in [0.15, 0.2) is 0 Å². The lowest BCUT2D eigenvalue weighted by Gasteiger charge is -2.39. The fraction of sp³-hybridized carbons (Fsp3) is 0.404. The number of halogens is 2. The third-order valence-electron chi connectivity index (χ3n) is 25.5. The van der Waals surface area contributed by atoms with Gasteiger partial charge in [-0.2, -0.15) is 0 Å². The summed E-state index contributed by atoms with van der Waals surface area (Å²) < 4.78 is 84.4. The first kappa shape index (κ1) is 89.4. The van der Waals surface area contributed by atoms with E-state index in [1.165, 1.54) is 57.9 Å². The van der Waals surface area contributed by atoms with Gasteiger partial charge in [-0.25, -0.2) is 36.2 Å². The number of H-pyrrole nitrogens is 2. The summed E-state index contributed by atoms with van der Waals surface area (Å²) in [5.41, 5.74) is 10.6. The number of nitro benzene ring substituents is 2. The first-order valence-electron chi connectivity index (χ1n) is 43.1. The van der Waals surface area contributed by atoms with E-state index < -0.39 is 62.8 Å². The van der Waals surface area contributed by atoms with Crippen LogP contribution in [0.15, 0.2) is 179 Å². The fourth-order valence-corrected chi connectivity index (χ4v) is 20.6. The Morgan fingerprint density at radius 2 is 0.969 bits per heavy atom. The number of rotatable bonds is 24. The van der Waals surface area contributed by atoms with Gasteiger partial charge in [-0.3, -0.25) is 39.6 Å². The van der Waals surface area contributed by atoms with Crippen LogP contribution >= 0.6 is 23.2 Å². The minimum absolute atomic E-state index is 0.0113. The molecule has 0 spiro atoms. The normalized spacial score (nSPS) is 19.2. The molecule has 4 aromatic heterocycles. The average Bonchev–Trinajstić information content (AvgIpc) is 1.29. The zero-order valence-electron chi connectivity index (χ0n) is 72.3. The number of piperidine rings is 1. The molecule has 29 nitrogen and oxygen atoms in total. The molecule has 3 saturated heterocycles. The number of fused-ring (bicyclic) bond motifs is 4. The van der Waals surface area contributed by atoms with Gasteiger partial charge < -0.3 is 53.6 Å². The van der Waals surface area contributed by atoms with E-state index in [1.807, 2.05) is 62.3 Å². The molecule has 0 radical (unpaired) electrons. The maximum Gasteiger partial charge on any atom is 0.277 e. The summed E-state index contributed by atoms with van der Waals surface area (Å²) in [5.74, 6) is -0.880. The molecule has 3 fully saturated rings. The van der Waals surface area contributed by atoms with Crippen molar-refractivity contribution < 1.29 is 60.3 Å². The third-order valence-corrected chi connectivity index (χ3v) is 28.6. The lowest BCUT2D eigenvalue weighted by Crippen LogP contribution is -2.47. The molecule has 6 aromatic carbocycles. The maximum absolute atomic E-state index is 14.1. The van der Waals surface area contributed by atoms with E-state index in [2.05, 4.69) is 106 Å². The van der Waals surface area contributed by atoms with Gasteiger partial charge in [-0.15, -0.1) is 0 Å². The zero-order valence-corrected chi connectivity index (χ0v) is 75.4. The zero-order chi connectivity index (χ0) is 89.4. The molecule has 33 heteroatoms. The van der Waals surface area contributed by atoms with Crippen LogP contribution in [0.5, 0.6) is 34.5 Å². The number of nitrogens with one attached hydrogen (secondary N) is 4. The van der Waals surface area contributed by atoms with Crippen molar-refractivity contribution in [3.63, 3.8) is 0 Å². The number of nitro groups is 2. The number of ether oxygens (including phenoxy) is 4. The van der Waals surface area contributed by atoms with E-state index in [0.29, 0.717) is 98.9 Å². The number of anilines is 2. The highest BCUT2D eigenvalue weighted by Crippen LogP contribution is 2.47. The number of pyridine rings is 2. The van der Waals surface area contributed by atoms with Crippen LogP contribution < -0.4 is 38.2 Å². The Morgan fingerprint density at radius 1 is 0.551 bits per heavy atom. The minimum atomic E-state index is -4.65. The number of nitrogens with zero attached hydrogens (tertiary/aromatic N) is 10. The van der Waals surface area contributed by atoms with E-state index in [0.717, 1.165) is 135 Å². The number of benzene rings is 6. The van der Waals surface area contributed by atoms with Crippen LogP contribution in [0.4, 0.5) is 22.7 Å². The van der Waals surface area contributed by atoms with Crippen LogP contribution in [0.1, 0.15) is 129 Å². The number of aromatic nitrogens is 4. The number of sulfonamides is 2. The van der Waals surface area contributed by atoms with E-state index in [9.17, 15) is 51.8 Å². The molecule has 7 aliphatic rings. The van der Waals surface area contributed by atoms with Gasteiger partial charge in [0, 0.05) is 184 Å². The van der Waals surface area contributed by atoms with Crippen molar-refractivity contribution in [3.05, 3.63) is 233 Å². The molecule has 0 unspecified atom stereocenters. The van der Waals surface area contributed by atoms with Gasteiger partial charge in [-0.1, -0.05) is 86.3 Å². The summed E-state index contributed by atoms with van der Waals surface area (Å²) in [6.45, 7) is 22.2. The van der Waals surface area contributed by atoms with Crippen molar-refractivity contribution in [1.29, 1.82) is 0 Å². The Balaban J connectivity index is 0.000000187. The molecule has 2 amide bonds. The summed E-state index contributed by atoms with van der Waals surface area (Å²) in [5, 5.41) is 38.0. The smallest absolute Gasteiger partial charge is 0.277 e. The number of aliphatic hydroxyl groups is 1. The van der Waals surface area contributed by atoms with Crippen molar-refractivity contribution in [2.45, 2.75) is 114 Å².